The van der Waals surface area contributed by atoms with Gasteiger partial charge >= 0.3 is 0 Å². The fourth-order valence-electron chi connectivity index (χ4n) is 6.56. The van der Waals surface area contributed by atoms with Crippen LogP contribution in [-0.2, 0) is 11.2 Å². The average molecular weight is 506 g/mol. The van der Waals surface area contributed by atoms with Crippen molar-refractivity contribution >= 4 is 29.0 Å². The van der Waals surface area contributed by atoms with E-state index in [0.717, 1.165) is 80.5 Å². The number of nitrogens with zero attached hydrogens (tertiary/aromatic N) is 5. The van der Waals surface area contributed by atoms with E-state index in [9.17, 15) is 4.79 Å². The molecule has 198 valence electrons. The number of amides is 1. The Morgan fingerprint density at radius 3 is 2.65 bits per heavy atom. The molecule has 1 aromatic heterocycles. The molecule has 4 heterocycles. The van der Waals surface area contributed by atoms with Gasteiger partial charge in [-0.05, 0) is 45.2 Å². The van der Waals surface area contributed by atoms with Crippen LogP contribution in [0, 0.1) is 0 Å². The molecule has 1 spiro atoms. The second-order valence-corrected chi connectivity index (χ2v) is 11.3. The quantitative estimate of drug-likeness (QED) is 0.616. The van der Waals surface area contributed by atoms with Crippen LogP contribution in [0.3, 0.4) is 0 Å². The molecule has 3 fully saturated rings. The van der Waals surface area contributed by atoms with Crippen LogP contribution in [-0.4, -0.2) is 83.1 Å². The number of hydrogen-bond acceptors (Lipinski definition) is 8. The summed E-state index contributed by atoms with van der Waals surface area (Å²) in [6.45, 7) is 9.42. The molecule has 1 saturated carbocycles. The number of carbonyl (C=O) groups is 1. The van der Waals surface area contributed by atoms with E-state index < -0.39 is 5.54 Å². The van der Waals surface area contributed by atoms with E-state index >= 15 is 0 Å². The third-order valence-corrected chi connectivity index (χ3v) is 8.75. The van der Waals surface area contributed by atoms with Gasteiger partial charge in [-0.2, -0.15) is 4.98 Å². The summed E-state index contributed by atoms with van der Waals surface area (Å²) < 4.78 is 5.76. The lowest BCUT2D eigenvalue weighted by atomic mass is 9.94. The number of fused-ring (bicyclic) bond motifs is 1. The zero-order valence-electron chi connectivity index (χ0n) is 22.3. The summed E-state index contributed by atoms with van der Waals surface area (Å²) in [6, 6.07) is 7.16. The van der Waals surface area contributed by atoms with Crippen molar-refractivity contribution in [2.24, 2.45) is 0 Å². The van der Waals surface area contributed by atoms with Crippen LogP contribution in [0.25, 0.3) is 0 Å². The molecule has 0 radical (unpaired) electrons. The van der Waals surface area contributed by atoms with Gasteiger partial charge in [-0.15, -0.1) is 0 Å². The summed E-state index contributed by atoms with van der Waals surface area (Å²) in [4.78, 5) is 29.8. The van der Waals surface area contributed by atoms with Crippen molar-refractivity contribution in [3.05, 3.63) is 30.0 Å². The van der Waals surface area contributed by atoms with E-state index in [1.807, 2.05) is 12.3 Å². The molecular weight excluding hydrogens is 466 g/mol. The minimum Gasteiger partial charge on any atom is -0.495 e. The van der Waals surface area contributed by atoms with E-state index in [1.165, 1.54) is 12.8 Å². The smallest absolute Gasteiger partial charge is 0.248 e. The van der Waals surface area contributed by atoms with Crippen LogP contribution in [0.2, 0.25) is 0 Å². The molecule has 1 atom stereocenters. The largest absolute Gasteiger partial charge is 0.495 e. The Balaban J connectivity index is 1.14. The van der Waals surface area contributed by atoms with Gasteiger partial charge in [0.05, 0.1) is 12.8 Å². The van der Waals surface area contributed by atoms with Gasteiger partial charge in [-0.25, -0.2) is 4.98 Å². The highest BCUT2D eigenvalue weighted by atomic mass is 16.5. The zero-order valence-corrected chi connectivity index (χ0v) is 22.3. The van der Waals surface area contributed by atoms with Gasteiger partial charge in [-0.1, -0.05) is 12.8 Å². The monoisotopic (exact) mass is 505 g/mol. The van der Waals surface area contributed by atoms with Gasteiger partial charge in [0.15, 0.2) is 0 Å². The summed E-state index contributed by atoms with van der Waals surface area (Å²) in [5.74, 6) is 2.36. The number of hydrogen-bond donors (Lipinski definition) is 2. The fraction of sp³-hybridized carbons (Fsp3) is 0.607. The maximum Gasteiger partial charge on any atom is 0.248 e. The summed E-state index contributed by atoms with van der Waals surface area (Å²) in [6.07, 6.45) is 8.09. The predicted molar refractivity (Wildman–Crippen MR) is 146 cm³/mol. The number of benzene rings is 1. The maximum atomic E-state index is 13.4. The molecule has 3 aliphatic heterocycles. The number of rotatable bonds is 6. The van der Waals surface area contributed by atoms with Gasteiger partial charge in [-0.3, -0.25) is 9.69 Å². The van der Waals surface area contributed by atoms with E-state index in [1.54, 1.807) is 7.11 Å². The van der Waals surface area contributed by atoms with Gasteiger partial charge < -0.3 is 25.2 Å². The molecule has 9 nitrogen and oxygen atoms in total. The highest BCUT2D eigenvalue weighted by Gasteiger charge is 2.52. The number of piperazine rings is 1. The molecule has 1 amide bonds. The Kier molecular flexibility index (Phi) is 6.34. The van der Waals surface area contributed by atoms with Crippen LogP contribution < -0.4 is 20.3 Å². The third-order valence-electron chi connectivity index (χ3n) is 8.75. The average Bonchev–Trinajstić information content (AvgIpc) is 3.64. The van der Waals surface area contributed by atoms with Crippen molar-refractivity contribution < 1.29 is 9.53 Å². The number of anilines is 4. The predicted octanol–water partition coefficient (Wildman–Crippen LogP) is 3.64. The maximum absolute atomic E-state index is 13.4. The van der Waals surface area contributed by atoms with Gasteiger partial charge in [0.2, 0.25) is 11.9 Å². The number of nitrogens with one attached hydrogen (secondary N) is 2. The van der Waals surface area contributed by atoms with Crippen molar-refractivity contribution in [1.82, 2.24) is 19.8 Å². The Bertz CT molecular complexity index is 1160. The SMILES string of the molecule is COc1cc(Nc2ncc3c(n2)NC2(CCN(C4CCCC4)C2=O)C3)ccc1N1CCN(C(C)C)CC1. The lowest BCUT2D eigenvalue weighted by Crippen LogP contribution is -2.49. The number of methoxy groups -OCH3 is 1. The number of ether oxygens (including phenoxy) is 1. The molecule has 1 aromatic carbocycles. The van der Waals surface area contributed by atoms with Crippen LogP contribution >= 0.6 is 0 Å². The van der Waals surface area contributed by atoms with Gasteiger partial charge in [0.25, 0.3) is 0 Å². The van der Waals surface area contributed by atoms with Crippen molar-refractivity contribution in [2.75, 3.05) is 55.4 Å². The third kappa shape index (κ3) is 4.47. The summed E-state index contributed by atoms with van der Waals surface area (Å²) >= 11 is 0. The second kappa shape index (κ2) is 9.67. The summed E-state index contributed by atoms with van der Waals surface area (Å²) in [7, 11) is 1.72. The highest BCUT2D eigenvalue weighted by molar-refractivity contribution is 5.94. The minimum absolute atomic E-state index is 0.237. The highest BCUT2D eigenvalue weighted by Crippen LogP contribution is 2.41. The van der Waals surface area contributed by atoms with E-state index in [2.05, 4.69) is 56.3 Å². The van der Waals surface area contributed by atoms with Crippen molar-refractivity contribution in [2.45, 2.75) is 70.0 Å². The summed E-state index contributed by atoms with van der Waals surface area (Å²) in [5, 5.41) is 6.85. The van der Waals surface area contributed by atoms with Crippen LogP contribution in [0.5, 0.6) is 5.75 Å². The first kappa shape index (κ1) is 24.3. The molecule has 4 aliphatic rings. The lowest BCUT2D eigenvalue weighted by Gasteiger charge is -2.38. The molecule has 2 aromatic rings. The van der Waals surface area contributed by atoms with Crippen molar-refractivity contribution in [3.8, 4) is 5.75 Å². The Morgan fingerprint density at radius 2 is 1.92 bits per heavy atom. The lowest BCUT2D eigenvalue weighted by molar-refractivity contribution is -0.133. The van der Waals surface area contributed by atoms with Gasteiger partial charge in [0.1, 0.15) is 17.1 Å². The van der Waals surface area contributed by atoms with Crippen LogP contribution in [0.15, 0.2) is 24.4 Å². The van der Waals surface area contributed by atoms with E-state index in [-0.39, 0.29) is 5.91 Å². The number of carbonyl (C=O) groups excluding carboxylic acids is 1. The molecule has 1 unspecified atom stereocenters. The molecule has 37 heavy (non-hydrogen) atoms. The van der Waals surface area contributed by atoms with Crippen LogP contribution in [0.1, 0.15) is 51.5 Å². The van der Waals surface area contributed by atoms with E-state index in [0.29, 0.717) is 24.5 Å². The minimum atomic E-state index is -0.553. The first-order valence-electron chi connectivity index (χ1n) is 13.8. The zero-order chi connectivity index (χ0) is 25.6. The number of likely N-dealkylation sites (tertiary alicyclic amines) is 1. The molecule has 2 N–H and O–H groups in total. The van der Waals surface area contributed by atoms with Crippen molar-refractivity contribution in [3.63, 3.8) is 0 Å². The molecule has 2 saturated heterocycles. The first-order chi connectivity index (χ1) is 18.0. The fourth-order valence-corrected chi connectivity index (χ4v) is 6.56. The molecule has 9 heteroatoms. The van der Waals surface area contributed by atoms with Gasteiger partial charge in [0, 0.05) is 74.7 Å². The number of aromatic nitrogens is 2. The summed E-state index contributed by atoms with van der Waals surface area (Å²) in [5.41, 5.74) is 2.45. The van der Waals surface area contributed by atoms with Crippen molar-refractivity contribution in [1.29, 1.82) is 0 Å². The second-order valence-electron chi connectivity index (χ2n) is 11.3. The molecule has 1 aliphatic carbocycles. The van der Waals surface area contributed by atoms with Crippen LogP contribution in [0.4, 0.5) is 23.1 Å². The normalized spacial score (nSPS) is 24.3. The first-order valence-corrected chi connectivity index (χ1v) is 13.8. The standard InChI is InChI=1S/C28H39N7O2/c1-19(2)33-12-14-34(15-13-33)23-9-8-21(16-24(23)37-3)30-27-29-18-20-17-28(32-25(20)31-27)10-11-35(26(28)36)22-6-4-5-7-22/h8-9,16,18-19,22H,4-7,10-15,17H2,1-3H3,(H2,29,30,31,32). The Labute approximate surface area is 219 Å². The Morgan fingerprint density at radius 1 is 1.14 bits per heavy atom. The molecule has 6 rings (SSSR count). The topological polar surface area (TPSA) is 85.9 Å². The Hall–Kier alpha value is -3.07. The molecular formula is C28H39N7O2. The van der Waals surface area contributed by atoms with E-state index in [4.69, 9.17) is 9.72 Å². The molecule has 0 bridgehead atoms.